The molecule has 2 atom stereocenters. The molecule has 1 saturated carbocycles. The summed E-state index contributed by atoms with van der Waals surface area (Å²) in [5.41, 5.74) is 8.98. The number of rotatable bonds is 7. The molecule has 9 heteroatoms. The highest BCUT2D eigenvalue weighted by Gasteiger charge is 2.31. The van der Waals surface area contributed by atoms with E-state index in [1.165, 1.54) is 24.3 Å². The first-order valence-electron chi connectivity index (χ1n) is 12.1. The van der Waals surface area contributed by atoms with E-state index in [-0.39, 0.29) is 23.7 Å². The number of nitrogens with one attached hydrogen (secondary N) is 1. The number of carbonyl (C=O) groups excluding carboxylic acids is 2. The Balaban J connectivity index is 1.54. The monoisotopic (exact) mass is 497 g/mol. The minimum atomic E-state index is -0.520. The molecule has 3 aromatic carbocycles. The van der Waals surface area contributed by atoms with Crippen molar-refractivity contribution in [2.24, 2.45) is 5.73 Å². The number of nitro benzene ring substituents is 1. The number of nitrogens with zero attached hydrogens (tertiary/aromatic N) is 3. The number of carbonyl (C=O) groups is 2. The Labute approximate surface area is 214 Å². The zero-order chi connectivity index (χ0) is 26.4. The third-order valence-corrected chi connectivity index (χ3v) is 6.58. The van der Waals surface area contributed by atoms with Crippen molar-refractivity contribution in [2.75, 3.05) is 5.32 Å². The van der Waals surface area contributed by atoms with E-state index in [0.29, 0.717) is 28.9 Å². The van der Waals surface area contributed by atoms with Gasteiger partial charge in [0.15, 0.2) is 0 Å². The molecule has 0 heterocycles. The molecule has 188 valence electrons. The van der Waals surface area contributed by atoms with Crippen molar-refractivity contribution < 1.29 is 14.5 Å². The third kappa shape index (κ3) is 6.18. The van der Waals surface area contributed by atoms with Gasteiger partial charge in [0.1, 0.15) is 0 Å². The highest BCUT2D eigenvalue weighted by atomic mass is 16.6. The first kappa shape index (κ1) is 25.5. The van der Waals surface area contributed by atoms with Gasteiger partial charge >= 0.3 is 0 Å². The second kappa shape index (κ2) is 11.5. The second-order valence-electron chi connectivity index (χ2n) is 9.10. The molecule has 4 rings (SSSR count). The number of hydrogen-bond acceptors (Lipinski definition) is 6. The van der Waals surface area contributed by atoms with Gasteiger partial charge in [0.05, 0.1) is 16.6 Å². The van der Waals surface area contributed by atoms with Crippen LogP contribution in [0.15, 0.2) is 72.8 Å². The molecule has 1 aliphatic carbocycles. The van der Waals surface area contributed by atoms with Crippen LogP contribution in [0.5, 0.6) is 0 Å². The summed E-state index contributed by atoms with van der Waals surface area (Å²) in [6.45, 7) is 0.304. The Morgan fingerprint density at radius 3 is 2.35 bits per heavy atom. The number of anilines is 1. The predicted molar refractivity (Wildman–Crippen MR) is 139 cm³/mol. The van der Waals surface area contributed by atoms with E-state index in [4.69, 9.17) is 11.0 Å². The normalized spacial score (nSPS) is 16.9. The third-order valence-electron chi connectivity index (χ3n) is 6.58. The molecule has 1 aliphatic rings. The van der Waals surface area contributed by atoms with E-state index < -0.39 is 10.8 Å². The van der Waals surface area contributed by atoms with Crippen LogP contribution in [0.3, 0.4) is 0 Å². The summed E-state index contributed by atoms with van der Waals surface area (Å²) in [6.07, 6.45) is 3.66. The number of non-ortho nitro benzene ring substituents is 1. The van der Waals surface area contributed by atoms with Crippen molar-refractivity contribution >= 4 is 23.2 Å². The smallest absolute Gasteiger partial charge is 0.269 e. The number of nitrogens with two attached hydrogens (primary N) is 1. The fourth-order valence-corrected chi connectivity index (χ4v) is 4.60. The van der Waals surface area contributed by atoms with Gasteiger partial charge in [0.25, 0.3) is 17.5 Å². The molecule has 2 unspecified atom stereocenters. The van der Waals surface area contributed by atoms with E-state index in [1.807, 2.05) is 6.07 Å². The number of nitro groups is 1. The Kier molecular flexibility index (Phi) is 7.91. The first-order valence-corrected chi connectivity index (χ1v) is 12.1. The average molecular weight is 498 g/mol. The summed E-state index contributed by atoms with van der Waals surface area (Å²) in [5, 5.41) is 22.8. The Bertz CT molecular complexity index is 1330. The van der Waals surface area contributed by atoms with Crippen LogP contribution in [0, 0.1) is 21.4 Å². The molecule has 0 aliphatic heterocycles. The highest BCUT2D eigenvalue weighted by Crippen LogP contribution is 2.26. The highest BCUT2D eigenvalue weighted by molar-refractivity contribution is 6.04. The van der Waals surface area contributed by atoms with E-state index in [1.54, 1.807) is 47.4 Å². The van der Waals surface area contributed by atoms with E-state index in [2.05, 4.69) is 11.4 Å². The topological polar surface area (TPSA) is 142 Å². The van der Waals surface area contributed by atoms with Crippen LogP contribution in [0.1, 0.15) is 57.5 Å². The van der Waals surface area contributed by atoms with Gasteiger partial charge in [-0.15, -0.1) is 0 Å². The maximum Gasteiger partial charge on any atom is 0.269 e. The quantitative estimate of drug-likeness (QED) is 0.360. The van der Waals surface area contributed by atoms with Crippen LogP contribution < -0.4 is 11.1 Å². The Hall–Kier alpha value is -4.55. The summed E-state index contributed by atoms with van der Waals surface area (Å²) in [6, 6.07) is 21.0. The van der Waals surface area contributed by atoms with Gasteiger partial charge in [-0.3, -0.25) is 19.7 Å². The predicted octanol–water partition coefficient (Wildman–Crippen LogP) is 4.63. The summed E-state index contributed by atoms with van der Waals surface area (Å²) >= 11 is 0. The van der Waals surface area contributed by atoms with Crippen LogP contribution in [0.25, 0.3) is 0 Å². The van der Waals surface area contributed by atoms with Crippen LogP contribution in [-0.4, -0.2) is 33.7 Å². The summed E-state index contributed by atoms with van der Waals surface area (Å²) in [7, 11) is 0. The molecule has 0 radical (unpaired) electrons. The molecule has 0 saturated heterocycles. The van der Waals surface area contributed by atoms with Crippen LogP contribution in [0.2, 0.25) is 0 Å². The molecular weight excluding hydrogens is 470 g/mol. The van der Waals surface area contributed by atoms with Crippen LogP contribution in [0.4, 0.5) is 11.4 Å². The van der Waals surface area contributed by atoms with Crippen molar-refractivity contribution in [3.05, 3.63) is 105 Å². The molecule has 3 N–H and O–H groups in total. The molecule has 37 heavy (non-hydrogen) atoms. The Morgan fingerprint density at radius 2 is 1.70 bits per heavy atom. The minimum absolute atomic E-state index is 0.0912. The zero-order valence-corrected chi connectivity index (χ0v) is 20.2. The lowest BCUT2D eigenvalue weighted by atomic mass is 9.89. The number of benzene rings is 3. The van der Waals surface area contributed by atoms with Gasteiger partial charge in [-0.25, -0.2) is 0 Å². The van der Waals surface area contributed by atoms with Gasteiger partial charge < -0.3 is 16.0 Å². The van der Waals surface area contributed by atoms with Gasteiger partial charge in [0.2, 0.25) is 0 Å². The average Bonchev–Trinajstić information content (AvgIpc) is 2.92. The fourth-order valence-electron chi connectivity index (χ4n) is 4.60. The molecule has 2 amide bonds. The lowest BCUT2D eigenvalue weighted by Crippen LogP contribution is -2.51. The zero-order valence-electron chi connectivity index (χ0n) is 20.2. The van der Waals surface area contributed by atoms with Gasteiger partial charge in [-0.1, -0.05) is 25.0 Å². The fraction of sp³-hybridized carbons (Fsp3) is 0.250. The SMILES string of the molecule is N#Cc1ccc(C(=O)N(Cc2cccc(NC(=O)c3ccc([N+](=O)[O-])cc3)c2)C2CCCCC2N)cc1. The molecule has 0 bridgehead atoms. The van der Waals surface area contributed by atoms with Crippen molar-refractivity contribution in [3.8, 4) is 6.07 Å². The van der Waals surface area contributed by atoms with E-state index in [9.17, 15) is 19.7 Å². The van der Waals surface area contributed by atoms with E-state index >= 15 is 0 Å². The van der Waals surface area contributed by atoms with Crippen LogP contribution in [-0.2, 0) is 6.54 Å². The largest absolute Gasteiger partial charge is 0.330 e. The van der Waals surface area contributed by atoms with Crippen molar-refractivity contribution in [1.29, 1.82) is 5.26 Å². The molecule has 9 nitrogen and oxygen atoms in total. The molecular formula is C28H27N5O4. The molecule has 0 aromatic heterocycles. The van der Waals surface area contributed by atoms with Crippen molar-refractivity contribution in [3.63, 3.8) is 0 Å². The summed E-state index contributed by atoms with van der Waals surface area (Å²) in [4.78, 5) is 38.4. The molecule has 3 aromatic rings. The number of amides is 2. The summed E-state index contributed by atoms with van der Waals surface area (Å²) < 4.78 is 0. The molecule has 1 fully saturated rings. The second-order valence-corrected chi connectivity index (χ2v) is 9.10. The maximum absolute atomic E-state index is 13.6. The molecule has 0 spiro atoms. The standard InChI is InChI=1S/C28H27N5O4/c29-17-19-8-10-22(11-9-19)28(35)32(26-7-2-1-6-25(26)30)18-20-4-3-5-23(16-20)31-27(34)21-12-14-24(15-13-21)33(36)37/h3-5,8-16,25-26H,1-2,6-7,18,30H2,(H,31,34). The van der Waals surface area contributed by atoms with Crippen LogP contribution >= 0.6 is 0 Å². The minimum Gasteiger partial charge on any atom is -0.330 e. The number of hydrogen-bond donors (Lipinski definition) is 2. The summed E-state index contributed by atoms with van der Waals surface area (Å²) in [5.74, 6) is -0.556. The number of nitriles is 1. The first-order chi connectivity index (χ1) is 17.9. The lowest BCUT2D eigenvalue weighted by molar-refractivity contribution is -0.384. The van der Waals surface area contributed by atoms with Gasteiger partial charge in [0, 0.05) is 47.6 Å². The van der Waals surface area contributed by atoms with Crippen molar-refractivity contribution in [2.45, 2.75) is 44.3 Å². The lowest BCUT2D eigenvalue weighted by Gasteiger charge is -2.38. The van der Waals surface area contributed by atoms with Crippen molar-refractivity contribution in [1.82, 2.24) is 4.90 Å². The van der Waals surface area contributed by atoms with E-state index in [0.717, 1.165) is 31.2 Å². The van der Waals surface area contributed by atoms with Gasteiger partial charge in [-0.2, -0.15) is 5.26 Å². The van der Waals surface area contributed by atoms with Gasteiger partial charge in [-0.05, 0) is 66.9 Å². The maximum atomic E-state index is 13.6. The Morgan fingerprint density at radius 1 is 1.03 bits per heavy atom.